The molecule has 53 heavy (non-hydrogen) atoms. The van der Waals surface area contributed by atoms with E-state index in [-0.39, 0.29) is 29.4 Å². The van der Waals surface area contributed by atoms with Gasteiger partial charge in [-0.2, -0.15) is 0 Å². The van der Waals surface area contributed by atoms with Gasteiger partial charge in [-0.25, -0.2) is 9.97 Å². The third kappa shape index (κ3) is 7.52. The number of methoxy groups -OCH3 is 2. The van der Waals surface area contributed by atoms with Gasteiger partial charge in [-0.3, -0.25) is 23.7 Å². The average molecular weight is 756 g/mol. The van der Waals surface area contributed by atoms with E-state index in [9.17, 15) is 14.4 Å². The average Bonchev–Trinajstić information content (AvgIpc) is 3.82. The van der Waals surface area contributed by atoms with E-state index in [1.54, 1.807) is 17.7 Å². The zero-order chi connectivity index (χ0) is 37.2. The minimum absolute atomic E-state index is 0.0909. The second-order valence-electron chi connectivity index (χ2n) is 13.5. The van der Waals surface area contributed by atoms with Crippen LogP contribution in [0.2, 0.25) is 10.0 Å². The van der Waals surface area contributed by atoms with Crippen LogP contribution in [0.4, 0.5) is 0 Å². The fourth-order valence-electron chi connectivity index (χ4n) is 7.24. The first-order chi connectivity index (χ1) is 25.6. The summed E-state index contributed by atoms with van der Waals surface area (Å²) in [6.07, 6.45) is 3.82. The van der Waals surface area contributed by atoms with E-state index in [0.717, 1.165) is 39.8 Å². The maximum absolute atomic E-state index is 13.6. The number of amides is 1. The molecule has 1 amide bonds. The molecule has 2 saturated heterocycles. The van der Waals surface area contributed by atoms with Crippen molar-refractivity contribution in [3.63, 3.8) is 0 Å². The number of esters is 1. The molecule has 274 valence electrons. The number of fused-ring (bicyclic) bond motifs is 1. The van der Waals surface area contributed by atoms with Crippen molar-refractivity contribution >= 4 is 40.7 Å². The minimum atomic E-state index is -0.219. The number of hydrogen-bond donors (Lipinski definition) is 2. The van der Waals surface area contributed by atoms with Gasteiger partial charge in [0.25, 0.3) is 5.56 Å². The Kier molecular flexibility index (Phi) is 10.8. The lowest BCUT2D eigenvalue weighted by molar-refractivity contribution is -0.145. The van der Waals surface area contributed by atoms with Crippen molar-refractivity contribution in [1.82, 2.24) is 29.9 Å². The molecule has 0 bridgehead atoms. The summed E-state index contributed by atoms with van der Waals surface area (Å²) in [4.78, 5) is 48.9. The lowest BCUT2D eigenvalue weighted by atomic mass is 9.97. The van der Waals surface area contributed by atoms with Crippen molar-refractivity contribution in [1.29, 1.82) is 0 Å². The number of aromatic nitrogens is 3. The number of aryl methyl sites for hydroxylation is 1. The molecule has 2 N–H and O–H groups in total. The van der Waals surface area contributed by atoms with Crippen LogP contribution < -0.4 is 20.9 Å². The normalized spacial score (nSPS) is 17.3. The number of hydrogen-bond acceptors (Lipinski definition) is 9. The first kappa shape index (κ1) is 36.5. The first-order valence-electron chi connectivity index (χ1n) is 17.6. The molecule has 0 unspecified atom stereocenters. The van der Waals surface area contributed by atoms with E-state index in [2.05, 4.69) is 15.5 Å². The highest BCUT2D eigenvalue weighted by atomic mass is 35.5. The highest BCUT2D eigenvalue weighted by Crippen LogP contribution is 2.42. The van der Waals surface area contributed by atoms with Crippen molar-refractivity contribution in [3.8, 4) is 39.4 Å². The number of pyridine rings is 2. The predicted molar refractivity (Wildman–Crippen MR) is 205 cm³/mol. The third-order valence-electron chi connectivity index (χ3n) is 10.1. The van der Waals surface area contributed by atoms with Crippen LogP contribution in [0.15, 0.2) is 71.7 Å². The number of benzene rings is 2. The molecular formula is C40H40Cl2N6O5. The van der Waals surface area contributed by atoms with Gasteiger partial charge in [-0.15, -0.1) is 0 Å². The summed E-state index contributed by atoms with van der Waals surface area (Å²) < 4.78 is 12.1. The lowest BCUT2D eigenvalue weighted by Gasteiger charge is -2.17. The molecular weight excluding hydrogens is 715 g/mol. The van der Waals surface area contributed by atoms with Crippen LogP contribution in [0.3, 0.4) is 0 Å². The van der Waals surface area contributed by atoms with E-state index in [1.807, 2.05) is 67.6 Å². The molecule has 5 heterocycles. The molecule has 5 aromatic rings. The number of halogens is 2. The molecule has 2 atom stereocenters. The number of carbonyl (C=O) groups excluding carboxylic acids is 2. The molecule has 2 fully saturated rings. The number of carbonyl (C=O) groups is 2. The van der Waals surface area contributed by atoms with Gasteiger partial charge in [0, 0.05) is 78.3 Å². The quantitative estimate of drug-likeness (QED) is 0.154. The first-order valence-corrected chi connectivity index (χ1v) is 18.3. The van der Waals surface area contributed by atoms with Crippen LogP contribution >= 0.6 is 23.2 Å². The van der Waals surface area contributed by atoms with Gasteiger partial charge >= 0.3 is 5.97 Å². The maximum Gasteiger partial charge on any atom is 0.310 e. The van der Waals surface area contributed by atoms with Crippen molar-refractivity contribution in [3.05, 3.63) is 104 Å². The van der Waals surface area contributed by atoms with Crippen LogP contribution in [-0.4, -0.2) is 71.0 Å². The van der Waals surface area contributed by atoms with Gasteiger partial charge in [0.15, 0.2) is 0 Å². The van der Waals surface area contributed by atoms with Gasteiger partial charge in [0.05, 0.1) is 41.4 Å². The van der Waals surface area contributed by atoms with E-state index in [1.165, 1.54) is 7.11 Å². The minimum Gasteiger partial charge on any atom is -0.481 e. The van der Waals surface area contributed by atoms with Crippen molar-refractivity contribution < 1.29 is 19.1 Å². The van der Waals surface area contributed by atoms with Gasteiger partial charge in [-0.1, -0.05) is 65.7 Å². The summed E-state index contributed by atoms with van der Waals surface area (Å²) >= 11 is 14.3. The summed E-state index contributed by atoms with van der Waals surface area (Å²) in [6.45, 7) is 4.72. The standard InChI is InChI=1S/C40H40Cl2N6O5/c1-23-32(22-47-16-14-26(21-47)40(51)53-3)39(50)48-17-15-24(18-34(48)44-23)28-6-4-7-29(36(28)41)30-8-5-9-31(37(30)42)33-12-10-25(38(46-33)52-2)19-43-20-27-11-13-35(49)45-27/h4-10,12,15,17-18,26-27,43H,11,13-14,16,19-22H2,1-3H3,(H,45,49)/t26-,27+/m1/s1. The highest BCUT2D eigenvalue weighted by molar-refractivity contribution is 6.39. The highest BCUT2D eigenvalue weighted by Gasteiger charge is 2.30. The van der Waals surface area contributed by atoms with Gasteiger partial charge in [0.1, 0.15) is 5.65 Å². The van der Waals surface area contributed by atoms with Crippen LogP contribution in [0.5, 0.6) is 5.88 Å². The zero-order valence-electron chi connectivity index (χ0n) is 29.7. The Balaban J connectivity index is 1.13. The Bertz CT molecular complexity index is 2280. The van der Waals surface area contributed by atoms with Crippen LogP contribution in [0.1, 0.15) is 36.1 Å². The fraction of sp³-hybridized carbons (Fsp3) is 0.325. The van der Waals surface area contributed by atoms with Gasteiger partial charge < -0.3 is 20.1 Å². The summed E-state index contributed by atoms with van der Waals surface area (Å²) in [5.41, 5.74) is 6.94. The summed E-state index contributed by atoms with van der Waals surface area (Å²) in [5.74, 6) is 0.176. The largest absolute Gasteiger partial charge is 0.481 e. The molecule has 2 aromatic carbocycles. The van der Waals surface area contributed by atoms with Crippen molar-refractivity contribution in [2.45, 2.75) is 45.3 Å². The SMILES string of the molecule is COC(=O)[C@@H]1CCN(Cc2c(C)nc3cc(-c4cccc(-c5cccc(-c6ccc(CNC[C@@H]7CCC(=O)N7)c(OC)n6)c5Cl)c4Cl)ccn3c2=O)C1. The molecule has 2 aliphatic heterocycles. The summed E-state index contributed by atoms with van der Waals surface area (Å²) in [6, 6.07) is 19.3. The molecule has 2 aliphatic rings. The lowest BCUT2D eigenvalue weighted by Crippen LogP contribution is -2.35. The van der Waals surface area contributed by atoms with Crippen LogP contribution in [0, 0.1) is 12.8 Å². The van der Waals surface area contributed by atoms with Crippen molar-refractivity contribution in [2.75, 3.05) is 33.9 Å². The second kappa shape index (κ2) is 15.7. The number of nitrogens with zero attached hydrogens (tertiary/aromatic N) is 4. The molecule has 0 saturated carbocycles. The third-order valence-corrected chi connectivity index (χ3v) is 10.9. The molecule has 0 radical (unpaired) electrons. The van der Waals surface area contributed by atoms with Crippen LogP contribution in [-0.2, 0) is 27.4 Å². The molecule has 7 rings (SSSR count). The number of nitrogens with one attached hydrogen (secondary N) is 2. The second-order valence-corrected chi connectivity index (χ2v) is 14.3. The van der Waals surface area contributed by atoms with Crippen LogP contribution in [0.25, 0.3) is 39.2 Å². The molecule has 3 aromatic heterocycles. The van der Waals surface area contributed by atoms with E-state index in [4.69, 9.17) is 42.6 Å². The van der Waals surface area contributed by atoms with E-state index in [0.29, 0.717) is 84.1 Å². The Morgan fingerprint density at radius 2 is 1.70 bits per heavy atom. The van der Waals surface area contributed by atoms with Gasteiger partial charge in [0.2, 0.25) is 11.8 Å². The smallest absolute Gasteiger partial charge is 0.310 e. The van der Waals surface area contributed by atoms with E-state index >= 15 is 0 Å². The summed E-state index contributed by atoms with van der Waals surface area (Å²) in [7, 11) is 2.99. The predicted octanol–water partition coefficient (Wildman–Crippen LogP) is 6.08. The Morgan fingerprint density at radius 3 is 2.42 bits per heavy atom. The summed E-state index contributed by atoms with van der Waals surface area (Å²) in [5, 5.41) is 7.36. The maximum atomic E-state index is 13.6. The Hall–Kier alpha value is -4.81. The van der Waals surface area contributed by atoms with Gasteiger partial charge in [-0.05, 0) is 50.1 Å². The molecule has 0 aliphatic carbocycles. The number of ether oxygens (including phenoxy) is 2. The number of likely N-dealkylation sites (tertiary alicyclic amines) is 1. The topological polar surface area (TPSA) is 127 Å². The Labute approximate surface area is 317 Å². The zero-order valence-corrected chi connectivity index (χ0v) is 31.3. The molecule has 11 nitrogen and oxygen atoms in total. The number of rotatable bonds is 11. The Morgan fingerprint density at radius 1 is 0.962 bits per heavy atom. The van der Waals surface area contributed by atoms with E-state index < -0.39 is 0 Å². The fourth-order valence-corrected chi connectivity index (χ4v) is 7.90. The molecule has 0 spiro atoms. The monoisotopic (exact) mass is 754 g/mol. The van der Waals surface area contributed by atoms with Crippen molar-refractivity contribution in [2.24, 2.45) is 5.92 Å². The molecule has 13 heteroatoms.